The Hall–Kier alpha value is -2.68. The number of carbonyl (C=O) groups is 1. The van der Waals surface area contributed by atoms with Crippen molar-refractivity contribution >= 4 is 32.5 Å². The summed E-state index contributed by atoms with van der Waals surface area (Å²) in [5.74, 6) is -0.134. The van der Waals surface area contributed by atoms with Crippen molar-refractivity contribution < 1.29 is 17.9 Å². The van der Waals surface area contributed by atoms with E-state index in [1.807, 2.05) is 41.1 Å². The SMILES string of the molecule is COC[C@@H](C)NS(=O)(=O)c1ccc(NC(=O)CCn2ccc3ccccc32)cc1. The highest BCUT2D eigenvalue weighted by Crippen LogP contribution is 2.17. The maximum atomic E-state index is 12.3. The number of para-hydroxylation sites is 1. The molecule has 2 N–H and O–H groups in total. The third kappa shape index (κ3) is 5.44. The molecule has 0 spiro atoms. The summed E-state index contributed by atoms with van der Waals surface area (Å²) in [6.45, 7) is 2.57. The zero-order chi connectivity index (χ0) is 20.9. The van der Waals surface area contributed by atoms with Gasteiger partial charge in [-0.2, -0.15) is 0 Å². The predicted octanol–water partition coefficient (Wildman–Crippen LogP) is 2.98. The second-order valence-corrected chi connectivity index (χ2v) is 8.58. The molecule has 7 nitrogen and oxygen atoms in total. The lowest BCUT2D eigenvalue weighted by Gasteiger charge is -2.13. The van der Waals surface area contributed by atoms with Crippen molar-refractivity contribution in [3.8, 4) is 0 Å². The van der Waals surface area contributed by atoms with Crippen LogP contribution in [-0.2, 0) is 26.1 Å². The molecule has 3 rings (SSSR count). The number of benzene rings is 2. The van der Waals surface area contributed by atoms with Gasteiger partial charge in [0.05, 0.1) is 11.5 Å². The minimum atomic E-state index is -3.63. The van der Waals surface area contributed by atoms with E-state index in [1.165, 1.54) is 19.2 Å². The number of rotatable bonds is 9. The van der Waals surface area contributed by atoms with Crippen LogP contribution in [0.5, 0.6) is 0 Å². The number of nitrogens with zero attached hydrogens (tertiary/aromatic N) is 1. The van der Waals surface area contributed by atoms with Crippen molar-refractivity contribution in [1.29, 1.82) is 0 Å². The number of ether oxygens (including phenoxy) is 1. The van der Waals surface area contributed by atoms with E-state index in [0.29, 0.717) is 18.7 Å². The number of aromatic nitrogens is 1. The number of hydrogen-bond donors (Lipinski definition) is 2. The van der Waals surface area contributed by atoms with Crippen LogP contribution in [0, 0.1) is 0 Å². The monoisotopic (exact) mass is 415 g/mol. The number of fused-ring (bicyclic) bond motifs is 1. The van der Waals surface area contributed by atoms with Gasteiger partial charge in [0.2, 0.25) is 15.9 Å². The van der Waals surface area contributed by atoms with Gasteiger partial charge in [-0.15, -0.1) is 0 Å². The van der Waals surface area contributed by atoms with Crippen molar-refractivity contribution in [3.05, 3.63) is 60.8 Å². The second kappa shape index (κ2) is 9.21. The number of methoxy groups -OCH3 is 1. The Bertz CT molecular complexity index is 1070. The third-order valence-electron chi connectivity index (χ3n) is 4.48. The van der Waals surface area contributed by atoms with Crippen molar-refractivity contribution in [1.82, 2.24) is 9.29 Å². The highest BCUT2D eigenvalue weighted by molar-refractivity contribution is 7.89. The van der Waals surface area contributed by atoms with E-state index in [4.69, 9.17) is 4.74 Å². The molecular formula is C21H25N3O4S. The summed E-state index contributed by atoms with van der Waals surface area (Å²) in [5, 5.41) is 3.94. The van der Waals surface area contributed by atoms with Gasteiger partial charge in [0, 0.05) is 43.5 Å². The Morgan fingerprint density at radius 2 is 1.83 bits per heavy atom. The van der Waals surface area contributed by atoms with E-state index in [-0.39, 0.29) is 23.5 Å². The number of hydrogen-bond acceptors (Lipinski definition) is 4. The average Bonchev–Trinajstić information content (AvgIpc) is 3.10. The minimum Gasteiger partial charge on any atom is -0.383 e. The molecule has 0 saturated heterocycles. The number of amides is 1. The first kappa shape index (κ1) is 21.0. The number of nitrogens with one attached hydrogen (secondary N) is 2. The van der Waals surface area contributed by atoms with Crippen LogP contribution in [0.1, 0.15) is 13.3 Å². The summed E-state index contributed by atoms with van der Waals surface area (Å²) in [6.07, 6.45) is 2.28. The zero-order valence-electron chi connectivity index (χ0n) is 16.5. The van der Waals surface area contributed by atoms with Gasteiger partial charge in [0.25, 0.3) is 0 Å². The number of aryl methyl sites for hydroxylation is 1. The molecule has 0 radical (unpaired) electrons. The lowest BCUT2D eigenvalue weighted by molar-refractivity contribution is -0.116. The Kier molecular flexibility index (Phi) is 6.68. The first-order valence-corrected chi connectivity index (χ1v) is 10.8. The van der Waals surface area contributed by atoms with Gasteiger partial charge < -0.3 is 14.6 Å². The van der Waals surface area contributed by atoms with Crippen LogP contribution in [0.2, 0.25) is 0 Å². The van der Waals surface area contributed by atoms with Crippen molar-refractivity contribution in [2.45, 2.75) is 30.8 Å². The lowest BCUT2D eigenvalue weighted by Crippen LogP contribution is -2.35. The van der Waals surface area contributed by atoms with Crippen LogP contribution in [0.3, 0.4) is 0 Å². The minimum absolute atomic E-state index is 0.134. The smallest absolute Gasteiger partial charge is 0.240 e. The van der Waals surface area contributed by atoms with Crippen LogP contribution in [-0.4, -0.2) is 38.7 Å². The molecule has 0 aliphatic rings. The van der Waals surface area contributed by atoms with Crippen LogP contribution < -0.4 is 10.0 Å². The molecule has 1 aromatic heterocycles. The van der Waals surface area contributed by atoms with E-state index in [2.05, 4.69) is 10.0 Å². The standard InChI is InChI=1S/C21H25N3O4S/c1-16(15-28-2)23-29(26,27)19-9-7-18(8-10-19)22-21(25)12-14-24-13-11-17-5-3-4-6-20(17)24/h3-11,13,16,23H,12,14-15H2,1-2H3,(H,22,25)/t16-/m1/s1. The molecule has 154 valence electrons. The first-order valence-electron chi connectivity index (χ1n) is 9.34. The lowest BCUT2D eigenvalue weighted by atomic mass is 10.2. The van der Waals surface area contributed by atoms with Crippen LogP contribution in [0.15, 0.2) is 65.7 Å². The van der Waals surface area contributed by atoms with Crippen molar-refractivity contribution in [3.63, 3.8) is 0 Å². The van der Waals surface area contributed by atoms with Crippen LogP contribution >= 0.6 is 0 Å². The maximum Gasteiger partial charge on any atom is 0.240 e. The van der Waals surface area contributed by atoms with Crippen molar-refractivity contribution in [2.75, 3.05) is 19.0 Å². The summed E-state index contributed by atoms with van der Waals surface area (Å²) in [4.78, 5) is 12.4. The summed E-state index contributed by atoms with van der Waals surface area (Å²) in [7, 11) is -2.12. The van der Waals surface area contributed by atoms with Gasteiger partial charge in [0.15, 0.2) is 0 Å². The van der Waals surface area contributed by atoms with Gasteiger partial charge in [-0.3, -0.25) is 4.79 Å². The van der Waals surface area contributed by atoms with E-state index in [9.17, 15) is 13.2 Å². The third-order valence-corrected chi connectivity index (χ3v) is 6.09. The summed E-state index contributed by atoms with van der Waals surface area (Å²) in [5.41, 5.74) is 1.64. The largest absolute Gasteiger partial charge is 0.383 e. The fourth-order valence-electron chi connectivity index (χ4n) is 3.12. The first-order chi connectivity index (χ1) is 13.9. The van der Waals surface area contributed by atoms with Crippen molar-refractivity contribution in [2.24, 2.45) is 0 Å². The van der Waals surface area contributed by atoms with Gasteiger partial charge in [0.1, 0.15) is 0 Å². The molecule has 1 heterocycles. The normalized spacial score (nSPS) is 12.8. The Balaban J connectivity index is 1.57. The fraction of sp³-hybridized carbons (Fsp3) is 0.286. The van der Waals surface area contributed by atoms with Gasteiger partial charge in [-0.05, 0) is 48.7 Å². The van der Waals surface area contributed by atoms with E-state index in [1.54, 1.807) is 19.1 Å². The molecule has 0 bridgehead atoms. The van der Waals surface area contributed by atoms with Crippen LogP contribution in [0.4, 0.5) is 5.69 Å². The molecule has 0 aliphatic carbocycles. The molecule has 0 unspecified atom stereocenters. The van der Waals surface area contributed by atoms with Gasteiger partial charge >= 0.3 is 0 Å². The molecule has 8 heteroatoms. The number of sulfonamides is 1. The molecule has 0 fully saturated rings. The highest BCUT2D eigenvalue weighted by atomic mass is 32.2. The van der Waals surface area contributed by atoms with Crippen LogP contribution in [0.25, 0.3) is 10.9 Å². The molecule has 3 aromatic rings. The van der Waals surface area contributed by atoms with Gasteiger partial charge in [-0.1, -0.05) is 18.2 Å². The number of anilines is 1. The topological polar surface area (TPSA) is 89.4 Å². The molecule has 2 aromatic carbocycles. The molecular weight excluding hydrogens is 390 g/mol. The Morgan fingerprint density at radius 1 is 1.10 bits per heavy atom. The second-order valence-electron chi connectivity index (χ2n) is 6.87. The maximum absolute atomic E-state index is 12.3. The molecule has 29 heavy (non-hydrogen) atoms. The predicted molar refractivity (Wildman–Crippen MR) is 113 cm³/mol. The summed E-state index contributed by atoms with van der Waals surface area (Å²) < 4.78 is 34.2. The number of carbonyl (C=O) groups excluding carboxylic acids is 1. The molecule has 1 amide bonds. The fourth-order valence-corrected chi connectivity index (χ4v) is 4.34. The summed E-state index contributed by atoms with van der Waals surface area (Å²) >= 11 is 0. The zero-order valence-corrected chi connectivity index (χ0v) is 17.3. The Labute approximate surface area is 170 Å². The molecule has 1 atom stereocenters. The summed E-state index contributed by atoms with van der Waals surface area (Å²) in [6, 6.07) is 15.8. The van der Waals surface area contributed by atoms with E-state index < -0.39 is 10.0 Å². The molecule has 0 saturated carbocycles. The van der Waals surface area contributed by atoms with E-state index >= 15 is 0 Å². The average molecular weight is 416 g/mol. The highest BCUT2D eigenvalue weighted by Gasteiger charge is 2.17. The van der Waals surface area contributed by atoms with E-state index in [0.717, 1.165) is 10.9 Å². The molecule has 0 aliphatic heterocycles. The Morgan fingerprint density at radius 3 is 2.55 bits per heavy atom. The van der Waals surface area contributed by atoms with Gasteiger partial charge in [-0.25, -0.2) is 13.1 Å². The quantitative estimate of drug-likeness (QED) is 0.562.